The van der Waals surface area contributed by atoms with Gasteiger partial charge in [-0.15, -0.1) is 5.10 Å². The number of nitriles is 1. The molecule has 1 aliphatic rings. The highest BCUT2D eigenvalue weighted by Gasteiger charge is 2.21. The molecule has 2 N–H and O–H groups in total. The highest BCUT2D eigenvalue weighted by Crippen LogP contribution is 2.31. The van der Waals surface area contributed by atoms with E-state index in [0.717, 1.165) is 59.0 Å². The van der Waals surface area contributed by atoms with Crippen molar-refractivity contribution in [3.63, 3.8) is 0 Å². The van der Waals surface area contributed by atoms with Gasteiger partial charge in [-0.25, -0.2) is 19.6 Å². The van der Waals surface area contributed by atoms with E-state index in [-0.39, 0.29) is 6.04 Å². The van der Waals surface area contributed by atoms with Crippen LogP contribution in [0, 0.1) is 18.3 Å². The zero-order valence-electron chi connectivity index (χ0n) is 21.1. The molecule has 0 aliphatic carbocycles. The number of nitrogens with one attached hydrogen (secondary N) is 2. The third kappa shape index (κ3) is 4.65. The molecule has 38 heavy (non-hydrogen) atoms. The normalized spacial score (nSPS) is 15.5. The Kier molecular flexibility index (Phi) is 6.15. The Morgan fingerprint density at radius 2 is 2.05 bits per heavy atom. The van der Waals surface area contributed by atoms with Crippen LogP contribution < -0.4 is 20.3 Å². The molecule has 0 saturated carbocycles. The highest BCUT2D eigenvalue weighted by molar-refractivity contribution is 5.88. The van der Waals surface area contributed by atoms with Crippen molar-refractivity contribution in [1.82, 2.24) is 35.3 Å². The average molecular weight is 507 g/mol. The number of nitrogens with zero attached hydrogens (tertiary/aromatic N) is 8. The second-order valence-electron chi connectivity index (χ2n) is 9.29. The molecular formula is C27H26N10O. The van der Waals surface area contributed by atoms with Crippen molar-refractivity contribution in [3.8, 4) is 17.6 Å². The van der Waals surface area contributed by atoms with Crippen molar-refractivity contribution in [2.75, 3.05) is 29.9 Å². The third-order valence-electron chi connectivity index (χ3n) is 6.63. The number of piperazine rings is 1. The Morgan fingerprint density at radius 3 is 2.92 bits per heavy atom. The molecule has 0 radical (unpaired) electrons. The summed E-state index contributed by atoms with van der Waals surface area (Å²) < 4.78 is 7.87. The smallest absolute Gasteiger partial charge is 0.160 e. The van der Waals surface area contributed by atoms with Gasteiger partial charge in [-0.2, -0.15) is 5.26 Å². The lowest BCUT2D eigenvalue weighted by atomic mass is 10.1. The number of hydrogen-bond acceptors (Lipinski definition) is 10. The Bertz CT molecular complexity index is 1670. The number of rotatable bonds is 6. The van der Waals surface area contributed by atoms with E-state index in [1.165, 1.54) is 6.33 Å². The first-order valence-electron chi connectivity index (χ1n) is 12.4. The molecule has 1 saturated heterocycles. The summed E-state index contributed by atoms with van der Waals surface area (Å²) in [6.07, 6.45) is 2.00. The first kappa shape index (κ1) is 23.6. The van der Waals surface area contributed by atoms with E-state index in [1.807, 2.05) is 62.5 Å². The van der Waals surface area contributed by atoms with Gasteiger partial charge in [0.25, 0.3) is 0 Å². The first-order valence-corrected chi connectivity index (χ1v) is 12.4. The molecule has 11 nitrogen and oxygen atoms in total. The minimum atomic E-state index is 0.127. The first-order chi connectivity index (χ1) is 18.6. The van der Waals surface area contributed by atoms with Gasteiger partial charge in [0.05, 0.1) is 23.5 Å². The fourth-order valence-electron chi connectivity index (χ4n) is 4.67. The van der Waals surface area contributed by atoms with Crippen LogP contribution in [0.3, 0.4) is 0 Å². The van der Waals surface area contributed by atoms with Gasteiger partial charge in [0, 0.05) is 44.5 Å². The minimum absolute atomic E-state index is 0.127. The number of aryl methyl sites for hydroxylation is 2. The number of anilines is 3. The molecule has 0 amide bonds. The molecule has 11 heteroatoms. The molecule has 0 unspecified atom stereocenters. The Balaban J connectivity index is 1.23. The van der Waals surface area contributed by atoms with Crippen molar-refractivity contribution in [3.05, 3.63) is 60.4 Å². The van der Waals surface area contributed by atoms with Gasteiger partial charge in [0.1, 0.15) is 34.7 Å². The maximum atomic E-state index is 9.08. The van der Waals surface area contributed by atoms with Crippen LogP contribution in [0.15, 0.2) is 54.9 Å². The molecule has 3 aromatic heterocycles. The molecule has 1 atom stereocenters. The zero-order valence-corrected chi connectivity index (χ0v) is 21.1. The number of ether oxygens (including phenoxy) is 1. The van der Waals surface area contributed by atoms with Crippen LogP contribution >= 0.6 is 0 Å². The highest BCUT2D eigenvalue weighted by atomic mass is 16.5. The lowest BCUT2D eigenvalue weighted by molar-refractivity contribution is 0.461. The van der Waals surface area contributed by atoms with Crippen LogP contribution in [0.2, 0.25) is 0 Å². The molecule has 2 aromatic carbocycles. The van der Waals surface area contributed by atoms with Gasteiger partial charge in [-0.1, -0.05) is 5.21 Å². The lowest BCUT2D eigenvalue weighted by Gasteiger charge is -2.33. The van der Waals surface area contributed by atoms with Crippen LogP contribution in [0.25, 0.3) is 22.1 Å². The molecular weight excluding hydrogens is 480 g/mol. The number of fused-ring (bicyclic) bond motifs is 2. The van der Waals surface area contributed by atoms with Gasteiger partial charge >= 0.3 is 0 Å². The third-order valence-corrected chi connectivity index (χ3v) is 6.63. The summed E-state index contributed by atoms with van der Waals surface area (Å²) in [5, 5.41) is 24.1. The predicted octanol–water partition coefficient (Wildman–Crippen LogP) is 3.84. The number of hydrogen-bond donors (Lipinski definition) is 2. The number of benzene rings is 2. The van der Waals surface area contributed by atoms with Crippen molar-refractivity contribution in [2.24, 2.45) is 7.05 Å². The van der Waals surface area contributed by atoms with Gasteiger partial charge < -0.3 is 20.3 Å². The van der Waals surface area contributed by atoms with Crippen LogP contribution in [0.4, 0.5) is 17.3 Å². The lowest BCUT2D eigenvalue weighted by Crippen LogP contribution is -2.50. The van der Waals surface area contributed by atoms with Gasteiger partial charge in [-0.3, -0.25) is 0 Å². The molecule has 190 valence electrons. The van der Waals surface area contributed by atoms with Crippen LogP contribution in [-0.2, 0) is 7.05 Å². The Hall–Kier alpha value is -4.82. The van der Waals surface area contributed by atoms with E-state index in [4.69, 9.17) is 15.0 Å². The monoisotopic (exact) mass is 506 g/mol. The van der Waals surface area contributed by atoms with E-state index in [1.54, 1.807) is 4.68 Å². The van der Waals surface area contributed by atoms with E-state index in [0.29, 0.717) is 23.5 Å². The zero-order chi connectivity index (χ0) is 26.1. The Morgan fingerprint density at radius 1 is 1.13 bits per heavy atom. The largest absolute Gasteiger partial charge is 0.457 e. The second-order valence-corrected chi connectivity index (χ2v) is 9.29. The number of aromatic nitrogens is 6. The Labute approximate surface area is 219 Å². The van der Waals surface area contributed by atoms with Gasteiger partial charge in [-0.05, 0) is 55.0 Å². The van der Waals surface area contributed by atoms with Gasteiger partial charge in [0.2, 0.25) is 0 Å². The topological polar surface area (TPSA) is 130 Å². The van der Waals surface area contributed by atoms with Gasteiger partial charge in [0.15, 0.2) is 5.82 Å². The molecule has 1 aliphatic heterocycles. The van der Waals surface area contributed by atoms with Crippen molar-refractivity contribution >= 4 is 39.4 Å². The van der Waals surface area contributed by atoms with Crippen molar-refractivity contribution < 1.29 is 4.74 Å². The quantitative estimate of drug-likeness (QED) is 0.350. The fourth-order valence-corrected chi connectivity index (χ4v) is 4.67. The average Bonchev–Trinajstić information content (AvgIpc) is 3.30. The van der Waals surface area contributed by atoms with Crippen LogP contribution in [0.1, 0.15) is 12.0 Å². The molecule has 5 aromatic rings. The van der Waals surface area contributed by atoms with E-state index in [9.17, 15) is 0 Å². The second kappa shape index (κ2) is 9.91. The predicted molar refractivity (Wildman–Crippen MR) is 145 cm³/mol. The summed E-state index contributed by atoms with van der Waals surface area (Å²) in [6.45, 7) is 4.36. The van der Waals surface area contributed by atoms with Crippen LogP contribution in [-0.4, -0.2) is 55.6 Å². The van der Waals surface area contributed by atoms with Crippen molar-refractivity contribution in [1.29, 1.82) is 5.26 Å². The molecule has 0 spiro atoms. The van der Waals surface area contributed by atoms with Crippen LogP contribution in [0.5, 0.6) is 11.5 Å². The summed E-state index contributed by atoms with van der Waals surface area (Å²) in [6, 6.07) is 17.9. The maximum absolute atomic E-state index is 9.08. The minimum Gasteiger partial charge on any atom is -0.457 e. The van der Waals surface area contributed by atoms with E-state index in [2.05, 4.69) is 41.9 Å². The molecule has 6 rings (SSSR count). The van der Waals surface area contributed by atoms with E-state index < -0.39 is 0 Å². The summed E-state index contributed by atoms with van der Waals surface area (Å²) in [4.78, 5) is 16.0. The summed E-state index contributed by atoms with van der Waals surface area (Å²) >= 11 is 0. The molecule has 1 fully saturated rings. The molecule has 0 bridgehead atoms. The number of pyridine rings is 1. The summed E-state index contributed by atoms with van der Waals surface area (Å²) in [7, 11) is 1.86. The fraction of sp³-hybridized carbons (Fsp3) is 0.259. The SMILES string of the molecule is Cc1cc(Nc2ncnc3ccc(N4CCN[C@@H](CC#N)C4)nc23)ccc1Oc1ccc2c(c1)nnn2C. The standard InChI is InChI=1S/C27H26N10O/c1-17-13-18(3-7-24(17)38-20-4-6-23-22(14-20)34-35-36(23)2)32-27-26-21(30-16-31-27)5-8-25(33-26)37-12-11-29-19(15-37)9-10-28/h3-8,13-14,16,19,29H,9,11-12,15H2,1-2H3,(H,30,31,32)/t19-/m0/s1. The summed E-state index contributed by atoms with van der Waals surface area (Å²) in [5.41, 5.74) is 5.00. The summed E-state index contributed by atoms with van der Waals surface area (Å²) in [5.74, 6) is 2.92. The van der Waals surface area contributed by atoms with E-state index >= 15 is 0 Å². The molecule has 4 heterocycles. The van der Waals surface area contributed by atoms with Crippen molar-refractivity contribution in [2.45, 2.75) is 19.4 Å². The maximum Gasteiger partial charge on any atom is 0.160 e.